The fourth-order valence-corrected chi connectivity index (χ4v) is 3.42. The molecule has 0 saturated carbocycles. The molecule has 0 aliphatic rings. The second-order valence-electron chi connectivity index (χ2n) is 7.22. The number of nitrogens with zero attached hydrogens (tertiary/aromatic N) is 3. The number of ether oxygens (including phenoxy) is 1. The normalized spacial score (nSPS) is 12.0. The number of halogens is 1. The van der Waals surface area contributed by atoms with Gasteiger partial charge < -0.3 is 9.84 Å². The first kappa shape index (κ1) is 17.9. The van der Waals surface area contributed by atoms with E-state index in [1.54, 1.807) is 22.9 Å². The Morgan fingerprint density at radius 2 is 1.92 bits per heavy atom. The van der Waals surface area contributed by atoms with Crippen LogP contribution < -0.4 is 0 Å². The number of aromatic hydroxyl groups is 1. The van der Waals surface area contributed by atoms with E-state index in [-0.39, 0.29) is 5.75 Å². The van der Waals surface area contributed by atoms with Gasteiger partial charge in [0.2, 0.25) is 0 Å². The van der Waals surface area contributed by atoms with Crippen LogP contribution in [0.25, 0.3) is 22.3 Å². The largest absolute Gasteiger partial charge is 0.507 e. The van der Waals surface area contributed by atoms with E-state index in [9.17, 15) is 5.11 Å². The first-order chi connectivity index (χ1) is 11.8. The van der Waals surface area contributed by atoms with E-state index >= 15 is 0 Å². The lowest BCUT2D eigenvalue weighted by atomic mass is 10.1. The molecule has 5 nitrogen and oxygen atoms in total. The molecule has 0 atom stereocenters. The number of phenols is 1. The zero-order valence-corrected chi connectivity index (χ0v) is 16.4. The summed E-state index contributed by atoms with van der Waals surface area (Å²) in [6.07, 6.45) is 0. The highest BCUT2D eigenvalue weighted by molar-refractivity contribution is 6.76. The SMILES string of the molecule is C[Si](C)(C)CCOCn1nc(-c2ccccc2O)c2ccc(Cl)nc21. The highest BCUT2D eigenvalue weighted by Crippen LogP contribution is 2.33. The highest BCUT2D eigenvalue weighted by Gasteiger charge is 2.17. The highest BCUT2D eigenvalue weighted by atomic mass is 35.5. The predicted molar refractivity (Wildman–Crippen MR) is 104 cm³/mol. The molecule has 0 aliphatic carbocycles. The molecule has 0 unspecified atom stereocenters. The molecule has 0 fully saturated rings. The van der Waals surface area contributed by atoms with Crippen LogP contribution in [0.2, 0.25) is 30.8 Å². The Kier molecular flexibility index (Phi) is 5.13. The van der Waals surface area contributed by atoms with Crippen LogP contribution >= 0.6 is 11.6 Å². The molecule has 7 heteroatoms. The summed E-state index contributed by atoms with van der Waals surface area (Å²) in [6, 6.07) is 11.8. The molecule has 132 valence electrons. The van der Waals surface area contributed by atoms with Crippen LogP contribution in [-0.4, -0.2) is 34.6 Å². The third kappa shape index (κ3) is 4.20. The number of aromatic nitrogens is 3. The molecular formula is C18H22ClN3O2Si. The molecule has 2 heterocycles. The second-order valence-corrected chi connectivity index (χ2v) is 13.2. The lowest BCUT2D eigenvalue weighted by Crippen LogP contribution is -2.22. The second kappa shape index (κ2) is 7.15. The van der Waals surface area contributed by atoms with Crippen molar-refractivity contribution >= 4 is 30.7 Å². The molecule has 25 heavy (non-hydrogen) atoms. The summed E-state index contributed by atoms with van der Waals surface area (Å²) in [6.45, 7) is 7.96. The predicted octanol–water partition coefficient (Wildman–Crippen LogP) is 4.77. The Morgan fingerprint density at radius 1 is 1.16 bits per heavy atom. The summed E-state index contributed by atoms with van der Waals surface area (Å²) >= 11 is 6.06. The van der Waals surface area contributed by atoms with E-state index in [0.717, 1.165) is 11.4 Å². The van der Waals surface area contributed by atoms with Gasteiger partial charge in [-0.2, -0.15) is 5.10 Å². The monoisotopic (exact) mass is 375 g/mol. The van der Waals surface area contributed by atoms with E-state index in [1.165, 1.54) is 0 Å². The van der Waals surface area contributed by atoms with Crippen molar-refractivity contribution in [1.29, 1.82) is 0 Å². The van der Waals surface area contributed by atoms with Gasteiger partial charge in [0.25, 0.3) is 0 Å². The molecule has 2 aromatic heterocycles. The number of hydrogen-bond donors (Lipinski definition) is 1. The van der Waals surface area contributed by atoms with Crippen LogP contribution in [0.4, 0.5) is 0 Å². The van der Waals surface area contributed by atoms with E-state index in [1.807, 2.05) is 18.2 Å². The van der Waals surface area contributed by atoms with Crippen molar-refractivity contribution in [3.05, 3.63) is 41.6 Å². The minimum absolute atomic E-state index is 0.184. The molecular weight excluding hydrogens is 354 g/mol. The van der Waals surface area contributed by atoms with Crippen molar-refractivity contribution in [3.8, 4) is 17.0 Å². The van der Waals surface area contributed by atoms with Gasteiger partial charge in [0.15, 0.2) is 5.65 Å². The minimum Gasteiger partial charge on any atom is -0.507 e. The zero-order valence-electron chi connectivity index (χ0n) is 14.7. The maximum atomic E-state index is 10.2. The van der Waals surface area contributed by atoms with Gasteiger partial charge in [0.05, 0.1) is 0 Å². The summed E-state index contributed by atoms with van der Waals surface area (Å²) < 4.78 is 7.51. The van der Waals surface area contributed by atoms with E-state index in [2.05, 4.69) is 29.7 Å². The Morgan fingerprint density at radius 3 is 2.64 bits per heavy atom. The third-order valence-corrected chi connectivity index (χ3v) is 5.85. The maximum Gasteiger partial charge on any atom is 0.162 e. The molecule has 0 aliphatic heterocycles. The van der Waals surface area contributed by atoms with Crippen molar-refractivity contribution < 1.29 is 9.84 Å². The number of benzene rings is 1. The maximum absolute atomic E-state index is 10.2. The van der Waals surface area contributed by atoms with Gasteiger partial charge >= 0.3 is 0 Å². The fourth-order valence-electron chi connectivity index (χ4n) is 2.52. The Labute approximate surface area is 153 Å². The first-order valence-electron chi connectivity index (χ1n) is 8.24. The van der Waals surface area contributed by atoms with Gasteiger partial charge in [-0.15, -0.1) is 0 Å². The van der Waals surface area contributed by atoms with Crippen molar-refractivity contribution in [2.24, 2.45) is 0 Å². The van der Waals surface area contributed by atoms with Gasteiger partial charge in [0, 0.05) is 25.6 Å². The molecule has 1 aromatic carbocycles. The van der Waals surface area contributed by atoms with Crippen LogP contribution in [0.5, 0.6) is 5.75 Å². The standard InChI is InChI=1S/C18H22ClN3O2Si/c1-25(2,3)11-10-24-12-22-18-14(8-9-16(19)20-18)17(21-22)13-6-4-5-7-15(13)23/h4-9,23H,10-12H2,1-3H3. The Bertz CT molecular complexity index is 890. The van der Waals surface area contributed by atoms with Crippen LogP contribution in [0.1, 0.15) is 0 Å². The lowest BCUT2D eigenvalue weighted by Gasteiger charge is -2.15. The molecule has 3 rings (SSSR count). The molecule has 1 N–H and O–H groups in total. The lowest BCUT2D eigenvalue weighted by molar-refractivity contribution is 0.0814. The first-order valence-corrected chi connectivity index (χ1v) is 12.3. The average molecular weight is 376 g/mol. The number of hydrogen-bond acceptors (Lipinski definition) is 4. The van der Waals surface area contributed by atoms with Crippen LogP contribution in [0, 0.1) is 0 Å². The fraction of sp³-hybridized carbons (Fsp3) is 0.333. The number of fused-ring (bicyclic) bond motifs is 1. The van der Waals surface area contributed by atoms with Crippen molar-refractivity contribution in [2.45, 2.75) is 32.4 Å². The molecule has 3 aromatic rings. The molecule has 0 radical (unpaired) electrons. The summed E-state index contributed by atoms with van der Waals surface area (Å²) in [5, 5.41) is 16.0. The number of phenolic OH excluding ortho intramolecular Hbond substituents is 1. The summed E-state index contributed by atoms with van der Waals surface area (Å²) in [4.78, 5) is 4.39. The summed E-state index contributed by atoms with van der Waals surface area (Å²) in [7, 11) is -1.14. The number of pyridine rings is 1. The molecule has 0 spiro atoms. The van der Waals surface area contributed by atoms with E-state index in [0.29, 0.717) is 35.4 Å². The summed E-state index contributed by atoms with van der Waals surface area (Å²) in [5.41, 5.74) is 1.99. The van der Waals surface area contributed by atoms with Gasteiger partial charge in [0.1, 0.15) is 23.3 Å². The Hall–Kier alpha value is -1.89. The average Bonchev–Trinajstić information content (AvgIpc) is 2.89. The summed E-state index contributed by atoms with van der Waals surface area (Å²) in [5.74, 6) is 0.184. The van der Waals surface area contributed by atoms with Crippen molar-refractivity contribution in [1.82, 2.24) is 14.8 Å². The van der Waals surface area contributed by atoms with Gasteiger partial charge in [-0.05, 0) is 30.3 Å². The molecule has 0 saturated heterocycles. The van der Waals surface area contributed by atoms with Crippen LogP contribution in [-0.2, 0) is 11.5 Å². The third-order valence-electron chi connectivity index (χ3n) is 3.93. The topological polar surface area (TPSA) is 60.2 Å². The van der Waals surface area contributed by atoms with Gasteiger partial charge in [-0.1, -0.05) is 43.4 Å². The van der Waals surface area contributed by atoms with Crippen LogP contribution in [0.15, 0.2) is 36.4 Å². The van der Waals surface area contributed by atoms with Crippen LogP contribution in [0.3, 0.4) is 0 Å². The molecule has 0 amide bonds. The van der Waals surface area contributed by atoms with Gasteiger partial charge in [-0.25, -0.2) is 9.67 Å². The number of rotatable bonds is 6. The minimum atomic E-state index is -1.14. The van der Waals surface area contributed by atoms with E-state index in [4.69, 9.17) is 16.3 Å². The van der Waals surface area contributed by atoms with Gasteiger partial charge in [-0.3, -0.25) is 0 Å². The zero-order chi connectivity index (χ0) is 18.0. The Balaban J connectivity index is 1.93. The molecule has 0 bridgehead atoms. The van der Waals surface area contributed by atoms with E-state index < -0.39 is 8.07 Å². The van der Waals surface area contributed by atoms with Crippen molar-refractivity contribution in [2.75, 3.05) is 6.61 Å². The van der Waals surface area contributed by atoms with Crippen molar-refractivity contribution in [3.63, 3.8) is 0 Å². The number of para-hydroxylation sites is 1. The quantitative estimate of drug-likeness (QED) is 0.383. The smallest absolute Gasteiger partial charge is 0.162 e.